The Morgan fingerprint density at radius 2 is 1.78 bits per heavy atom. The zero-order valence-corrected chi connectivity index (χ0v) is 16.0. The summed E-state index contributed by atoms with van der Waals surface area (Å²) in [5.41, 5.74) is 0.730. The SMILES string of the molecule is CCCn1c(=O)n(CCC(=O)N2CCCC(C)(C(=O)O)C2)c2ccccc21. The van der Waals surface area contributed by atoms with Crippen LogP contribution in [0.3, 0.4) is 0 Å². The number of fused-ring (bicyclic) bond motifs is 1. The number of rotatable bonds is 6. The molecule has 0 spiro atoms. The van der Waals surface area contributed by atoms with Gasteiger partial charge in [0.2, 0.25) is 5.91 Å². The molecule has 0 radical (unpaired) electrons. The normalized spacial score (nSPS) is 20.1. The molecule has 1 unspecified atom stereocenters. The quantitative estimate of drug-likeness (QED) is 0.842. The number of nitrogens with zero attached hydrogens (tertiary/aromatic N) is 3. The molecule has 1 aliphatic rings. The van der Waals surface area contributed by atoms with Crippen molar-refractivity contribution in [2.75, 3.05) is 13.1 Å². The van der Waals surface area contributed by atoms with Gasteiger partial charge >= 0.3 is 11.7 Å². The Morgan fingerprint density at radius 1 is 1.15 bits per heavy atom. The molecule has 146 valence electrons. The van der Waals surface area contributed by atoms with Crippen molar-refractivity contribution in [3.8, 4) is 0 Å². The predicted molar refractivity (Wildman–Crippen MR) is 103 cm³/mol. The van der Waals surface area contributed by atoms with Crippen molar-refractivity contribution in [2.24, 2.45) is 5.41 Å². The number of likely N-dealkylation sites (tertiary alicyclic amines) is 1. The van der Waals surface area contributed by atoms with Gasteiger partial charge in [0.1, 0.15) is 0 Å². The average molecular weight is 373 g/mol. The number of aliphatic carboxylic acids is 1. The zero-order valence-electron chi connectivity index (χ0n) is 16.0. The third-order valence-corrected chi connectivity index (χ3v) is 5.49. The number of piperidine rings is 1. The highest BCUT2D eigenvalue weighted by atomic mass is 16.4. The molecule has 27 heavy (non-hydrogen) atoms. The first-order valence-electron chi connectivity index (χ1n) is 9.56. The van der Waals surface area contributed by atoms with E-state index < -0.39 is 11.4 Å². The van der Waals surface area contributed by atoms with E-state index in [2.05, 4.69) is 0 Å². The summed E-state index contributed by atoms with van der Waals surface area (Å²) >= 11 is 0. The molecule has 1 aliphatic heterocycles. The standard InChI is InChI=1S/C20H27N3O4/c1-3-11-22-15-7-4-5-8-16(15)23(19(22)27)13-9-17(24)21-12-6-10-20(2,14-21)18(25)26/h4-5,7-8H,3,6,9-14H2,1-2H3,(H,25,26). The Balaban J connectivity index is 1.77. The molecule has 1 amide bonds. The van der Waals surface area contributed by atoms with Crippen LogP contribution in [0.1, 0.15) is 39.5 Å². The van der Waals surface area contributed by atoms with Gasteiger partial charge < -0.3 is 10.0 Å². The minimum absolute atomic E-state index is 0.0959. The number of benzene rings is 1. The molecular weight excluding hydrogens is 346 g/mol. The van der Waals surface area contributed by atoms with Crippen molar-refractivity contribution in [3.63, 3.8) is 0 Å². The Hall–Kier alpha value is -2.57. The van der Waals surface area contributed by atoms with Gasteiger partial charge in [-0.25, -0.2) is 4.79 Å². The molecule has 1 N–H and O–H groups in total. The number of aryl methyl sites for hydroxylation is 2. The van der Waals surface area contributed by atoms with Crippen LogP contribution in [0.25, 0.3) is 11.0 Å². The molecule has 1 aromatic heterocycles. The smallest absolute Gasteiger partial charge is 0.329 e. The minimum Gasteiger partial charge on any atom is -0.481 e. The highest BCUT2D eigenvalue weighted by Crippen LogP contribution is 2.30. The van der Waals surface area contributed by atoms with Gasteiger partial charge in [-0.1, -0.05) is 19.1 Å². The summed E-state index contributed by atoms with van der Waals surface area (Å²) in [7, 11) is 0. The second-order valence-electron chi connectivity index (χ2n) is 7.61. The molecule has 7 heteroatoms. The molecule has 0 saturated carbocycles. The first-order chi connectivity index (χ1) is 12.9. The topological polar surface area (TPSA) is 84.5 Å². The third-order valence-electron chi connectivity index (χ3n) is 5.49. The maximum Gasteiger partial charge on any atom is 0.329 e. The zero-order chi connectivity index (χ0) is 19.6. The van der Waals surface area contributed by atoms with E-state index in [1.165, 1.54) is 0 Å². The first kappa shape index (κ1) is 19.2. The van der Waals surface area contributed by atoms with Crippen LogP contribution in [-0.2, 0) is 22.7 Å². The minimum atomic E-state index is -0.887. The summed E-state index contributed by atoms with van der Waals surface area (Å²) in [6.45, 7) is 5.47. The molecule has 3 rings (SSSR count). The molecular formula is C20H27N3O4. The van der Waals surface area contributed by atoms with Crippen LogP contribution < -0.4 is 5.69 Å². The Labute approximate surface area is 158 Å². The van der Waals surface area contributed by atoms with Gasteiger partial charge in [0.05, 0.1) is 16.4 Å². The Bertz CT molecular complexity index is 914. The Morgan fingerprint density at radius 3 is 2.37 bits per heavy atom. The fraction of sp³-hybridized carbons (Fsp3) is 0.550. The van der Waals surface area contributed by atoms with Crippen molar-refractivity contribution in [1.29, 1.82) is 0 Å². The number of carbonyl (C=O) groups is 2. The number of aromatic nitrogens is 2. The van der Waals surface area contributed by atoms with Crippen molar-refractivity contribution in [1.82, 2.24) is 14.0 Å². The van der Waals surface area contributed by atoms with Crippen LogP contribution in [0.15, 0.2) is 29.1 Å². The van der Waals surface area contributed by atoms with E-state index in [9.17, 15) is 19.5 Å². The number of hydrogen-bond acceptors (Lipinski definition) is 3. The van der Waals surface area contributed by atoms with Crippen LogP contribution in [0.2, 0.25) is 0 Å². The molecule has 0 aliphatic carbocycles. The van der Waals surface area contributed by atoms with Gasteiger partial charge in [0.25, 0.3) is 0 Å². The highest BCUT2D eigenvalue weighted by Gasteiger charge is 2.39. The van der Waals surface area contributed by atoms with Gasteiger partial charge in [-0.3, -0.25) is 18.7 Å². The van der Waals surface area contributed by atoms with E-state index in [1.807, 2.05) is 31.2 Å². The van der Waals surface area contributed by atoms with Crippen molar-refractivity contribution in [2.45, 2.75) is 52.6 Å². The average Bonchev–Trinajstić information content (AvgIpc) is 2.92. The van der Waals surface area contributed by atoms with Crippen molar-refractivity contribution >= 4 is 22.9 Å². The third kappa shape index (κ3) is 3.63. The monoisotopic (exact) mass is 373 g/mol. The molecule has 0 bridgehead atoms. The first-order valence-corrected chi connectivity index (χ1v) is 9.56. The van der Waals surface area contributed by atoms with E-state index in [1.54, 1.807) is 21.0 Å². The van der Waals surface area contributed by atoms with E-state index in [4.69, 9.17) is 0 Å². The molecule has 1 saturated heterocycles. The van der Waals surface area contributed by atoms with E-state index in [0.717, 1.165) is 17.5 Å². The van der Waals surface area contributed by atoms with Crippen LogP contribution >= 0.6 is 0 Å². The largest absolute Gasteiger partial charge is 0.481 e. The summed E-state index contributed by atoms with van der Waals surface area (Å²) in [5.74, 6) is -0.958. The molecule has 7 nitrogen and oxygen atoms in total. The van der Waals surface area contributed by atoms with Gasteiger partial charge in [0.15, 0.2) is 0 Å². The molecule has 2 heterocycles. The number of hydrogen-bond donors (Lipinski definition) is 1. The fourth-order valence-corrected chi connectivity index (χ4v) is 3.92. The number of carboxylic acid groups (broad SMARTS) is 1. The van der Waals surface area contributed by atoms with E-state index >= 15 is 0 Å². The maximum atomic E-state index is 12.8. The van der Waals surface area contributed by atoms with Gasteiger partial charge in [-0.15, -0.1) is 0 Å². The number of para-hydroxylation sites is 2. The molecule has 2 aromatic rings. The fourth-order valence-electron chi connectivity index (χ4n) is 3.92. The summed E-state index contributed by atoms with van der Waals surface area (Å²) in [6.07, 6.45) is 2.31. The Kier molecular flexibility index (Phi) is 5.39. The highest BCUT2D eigenvalue weighted by molar-refractivity contribution is 5.80. The molecule has 1 atom stereocenters. The summed E-state index contributed by atoms with van der Waals surface area (Å²) in [6, 6.07) is 7.62. The lowest BCUT2D eigenvalue weighted by Crippen LogP contribution is -2.48. The number of carboxylic acids is 1. The van der Waals surface area contributed by atoms with Gasteiger partial charge in [-0.2, -0.15) is 0 Å². The van der Waals surface area contributed by atoms with Crippen LogP contribution in [-0.4, -0.2) is 44.1 Å². The van der Waals surface area contributed by atoms with Crippen molar-refractivity contribution < 1.29 is 14.7 Å². The number of carbonyl (C=O) groups excluding carboxylic acids is 1. The lowest BCUT2D eigenvalue weighted by atomic mass is 9.82. The van der Waals surface area contributed by atoms with Crippen LogP contribution in [0.5, 0.6) is 0 Å². The van der Waals surface area contributed by atoms with E-state index in [0.29, 0.717) is 32.5 Å². The molecule has 1 aromatic carbocycles. The van der Waals surface area contributed by atoms with E-state index in [-0.39, 0.29) is 24.6 Å². The molecule has 1 fully saturated rings. The number of amides is 1. The summed E-state index contributed by atoms with van der Waals surface area (Å²) in [5, 5.41) is 9.43. The predicted octanol–water partition coefficient (Wildman–Crippen LogP) is 2.32. The number of imidazole rings is 1. The van der Waals surface area contributed by atoms with Gasteiger partial charge in [-0.05, 0) is 38.3 Å². The summed E-state index contributed by atoms with van der Waals surface area (Å²) in [4.78, 5) is 38.6. The summed E-state index contributed by atoms with van der Waals surface area (Å²) < 4.78 is 3.41. The lowest BCUT2D eigenvalue weighted by molar-refractivity contribution is -0.153. The second-order valence-corrected chi connectivity index (χ2v) is 7.61. The van der Waals surface area contributed by atoms with Crippen LogP contribution in [0.4, 0.5) is 0 Å². The van der Waals surface area contributed by atoms with Gasteiger partial charge in [0, 0.05) is 32.6 Å². The van der Waals surface area contributed by atoms with Crippen molar-refractivity contribution in [3.05, 3.63) is 34.7 Å². The van der Waals surface area contributed by atoms with Crippen LogP contribution in [0, 0.1) is 5.41 Å². The maximum absolute atomic E-state index is 12.8. The lowest BCUT2D eigenvalue weighted by Gasteiger charge is -2.37. The second kappa shape index (κ2) is 7.58.